The maximum atomic E-state index is 15.5. The number of carboxylic acids is 1. The summed E-state index contributed by atoms with van der Waals surface area (Å²) in [5.74, 6) is -3.01. The molecule has 2 spiro atoms. The van der Waals surface area contributed by atoms with Gasteiger partial charge in [-0.2, -0.15) is 0 Å². The number of halogens is 3. The fourth-order valence-corrected chi connectivity index (χ4v) is 6.60. The fraction of sp³-hybridized carbons (Fsp3) is 0.458. The van der Waals surface area contributed by atoms with Gasteiger partial charge in [0.2, 0.25) is 5.91 Å². The number of hydrogen-bond donors (Lipinski definition) is 3. The summed E-state index contributed by atoms with van der Waals surface area (Å²) >= 11 is 12.2. The number of carbonyl (C=O) groups is 2. The largest absolute Gasteiger partial charge is 0.480 e. The average Bonchev–Trinajstić information content (AvgIpc) is 3.20. The van der Waals surface area contributed by atoms with E-state index in [1.165, 1.54) is 12.1 Å². The molecule has 0 bridgehead atoms. The van der Waals surface area contributed by atoms with Crippen molar-refractivity contribution >= 4 is 40.9 Å². The predicted octanol–water partition coefficient (Wildman–Crippen LogP) is 4.90. The number of nitrogens with one attached hydrogen (secondary N) is 2. The summed E-state index contributed by atoms with van der Waals surface area (Å²) in [7, 11) is 0. The number of pyridine rings is 1. The molecule has 174 valence electrons. The summed E-state index contributed by atoms with van der Waals surface area (Å²) in [4.78, 5) is 30.8. The third-order valence-corrected chi connectivity index (χ3v) is 8.40. The molecule has 1 aromatic carbocycles. The Labute approximate surface area is 200 Å². The van der Waals surface area contributed by atoms with Crippen molar-refractivity contribution in [3.05, 3.63) is 57.5 Å². The number of amides is 1. The number of rotatable bonds is 2. The van der Waals surface area contributed by atoms with Crippen LogP contribution in [-0.4, -0.2) is 33.5 Å². The number of carbonyl (C=O) groups excluding carboxylic acids is 1. The van der Waals surface area contributed by atoms with Crippen LogP contribution in [0.1, 0.15) is 56.6 Å². The second-order valence-electron chi connectivity index (χ2n) is 10.1. The van der Waals surface area contributed by atoms with Crippen LogP contribution in [0.25, 0.3) is 0 Å². The van der Waals surface area contributed by atoms with Gasteiger partial charge in [0.25, 0.3) is 0 Å². The van der Waals surface area contributed by atoms with E-state index >= 15 is 4.39 Å². The molecule has 0 unspecified atom stereocenters. The van der Waals surface area contributed by atoms with Crippen molar-refractivity contribution in [3.8, 4) is 0 Å². The van der Waals surface area contributed by atoms with Crippen LogP contribution in [0, 0.1) is 11.2 Å². The van der Waals surface area contributed by atoms with Crippen LogP contribution >= 0.6 is 23.2 Å². The molecule has 2 aromatic rings. The van der Waals surface area contributed by atoms with E-state index in [0.29, 0.717) is 18.4 Å². The number of anilines is 1. The third-order valence-electron chi connectivity index (χ3n) is 7.90. The highest BCUT2D eigenvalue weighted by Crippen LogP contribution is 2.63. The van der Waals surface area contributed by atoms with E-state index in [1.54, 1.807) is 18.2 Å². The Bertz CT molecular complexity index is 1180. The van der Waals surface area contributed by atoms with Crippen LogP contribution in [0.15, 0.2) is 30.3 Å². The minimum absolute atomic E-state index is 0.0440. The minimum atomic E-state index is -1.40. The summed E-state index contributed by atoms with van der Waals surface area (Å²) in [5, 5.41) is 16.5. The molecule has 0 radical (unpaired) electrons. The third kappa shape index (κ3) is 3.05. The van der Waals surface area contributed by atoms with Gasteiger partial charge >= 0.3 is 5.97 Å². The first-order chi connectivity index (χ1) is 15.5. The molecule has 3 aliphatic rings. The lowest BCUT2D eigenvalue weighted by atomic mass is 9.53. The predicted molar refractivity (Wildman–Crippen MR) is 123 cm³/mol. The van der Waals surface area contributed by atoms with Crippen LogP contribution in [0.5, 0.6) is 0 Å². The Morgan fingerprint density at radius 1 is 1.15 bits per heavy atom. The zero-order chi connectivity index (χ0) is 23.8. The molecule has 2 aliphatic heterocycles. The molecule has 5 rings (SSSR count). The molecule has 1 saturated carbocycles. The lowest BCUT2D eigenvalue weighted by Gasteiger charge is -2.50. The Morgan fingerprint density at radius 2 is 1.85 bits per heavy atom. The van der Waals surface area contributed by atoms with Gasteiger partial charge in [-0.3, -0.25) is 14.9 Å². The van der Waals surface area contributed by atoms with E-state index < -0.39 is 40.6 Å². The highest BCUT2D eigenvalue weighted by atomic mass is 35.5. The van der Waals surface area contributed by atoms with Gasteiger partial charge in [-0.15, -0.1) is 0 Å². The number of aromatic nitrogens is 1. The number of benzene rings is 1. The summed E-state index contributed by atoms with van der Waals surface area (Å²) in [5.41, 5.74) is -1.62. The number of fused-ring (bicyclic) bond motifs is 3. The Balaban J connectivity index is 1.83. The van der Waals surface area contributed by atoms with Crippen molar-refractivity contribution < 1.29 is 19.1 Å². The average molecular weight is 492 g/mol. The molecule has 3 N–H and O–H groups in total. The molecule has 9 heteroatoms. The van der Waals surface area contributed by atoms with E-state index in [0.717, 1.165) is 12.8 Å². The molecular formula is C24H24Cl2FN3O3. The Hall–Kier alpha value is -2.22. The summed E-state index contributed by atoms with van der Waals surface area (Å²) in [6, 6.07) is 6.61. The fourth-order valence-electron chi connectivity index (χ4n) is 6.27. The van der Waals surface area contributed by atoms with Gasteiger partial charge in [-0.1, -0.05) is 55.2 Å². The van der Waals surface area contributed by atoms with E-state index in [2.05, 4.69) is 29.5 Å². The molecular weight excluding hydrogens is 468 g/mol. The van der Waals surface area contributed by atoms with Gasteiger partial charge in [-0.25, -0.2) is 9.37 Å². The van der Waals surface area contributed by atoms with Crippen LogP contribution in [0.3, 0.4) is 0 Å². The first-order valence-corrected chi connectivity index (χ1v) is 11.7. The van der Waals surface area contributed by atoms with Gasteiger partial charge in [0.05, 0.1) is 5.02 Å². The van der Waals surface area contributed by atoms with Crippen molar-refractivity contribution in [1.82, 2.24) is 10.3 Å². The highest BCUT2D eigenvalue weighted by molar-refractivity contribution is 6.31. The molecule has 1 aromatic heterocycles. The number of nitrogens with zero attached hydrogens (tertiary/aromatic N) is 1. The molecule has 3 heterocycles. The summed E-state index contributed by atoms with van der Waals surface area (Å²) in [6.45, 7) is 4.32. The SMILES string of the molecule is CC1(C)CCC2(CC1)N[C@@H](C(=O)O)[C@H](c1cccc(Cl)c1F)[C@]21C(=O)Nc2nc(Cl)ccc21. The number of carboxylic acid groups (broad SMARTS) is 1. The highest BCUT2D eigenvalue weighted by Gasteiger charge is 2.73. The maximum Gasteiger partial charge on any atom is 0.321 e. The van der Waals surface area contributed by atoms with Gasteiger partial charge in [-0.05, 0) is 48.8 Å². The van der Waals surface area contributed by atoms with Crippen LogP contribution in [-0.2, 0) is 15.0 Å². The first-order valence-electron chi connectivity index (χ1n) is 11.0. The van der Waals surface area contributed by atoms with Crippen molar-refractivity contribution in [1.29, 1.82) is 0 Å². The molecule has 3 atom stereocenters. The molecule has 33 heavy (non-hydrogen) atoms. The molecule has 1 amide bonds. The maximum absolute atomic E-state index is 15.5. The van der Waals surface area contributed by atoms with E-state index in [1.807, 2.05) is 0 Å². The second-order valence-corrected chi connectivity index (χ2v) is 10.9. The van der Waals surface area contributed by atoms with Crippen molar-refractivity contribution in [2.24, 2.45) is 5.41 Å². The standard InChI is InChI=1S/C24H24Cl2FN3O3/c1-22(2)8-10-23(11-9-22)24(13-6-7-15(26)28-19(13)29-21(24)33)16(18(30-23)20(31)32)12-4-3-5-14(25)17(12)27/h3-7,16,18,30H,8-11H2,1-2H3,(H,31,32)(H,28,29,33)/t16-,18+,24+/m0/s1. The van der Waals surface area contributed by atoms with Gasteiger partial charge in [0.15, 0.2) is 0 Å². The Kier molecular flexibility index (Phi) is 5.05. The van der Waals surface area contributed by atoms with Crippen molar-refractivity contribution in [3.63, 3.8) is 0 Å². The molecule has 1 aliphatic carbocycles. The van der Waals surface area contributed by atoms with Crippen molar-refractivity contribution in [2.45, 2.75) is 62.4 Å². The quantitative estimate of drug-likeness (QED) is 0.519. The molecule has 1 saturated heterocycles. The zero-order valence-electron chi connectivity index (χ0n) is 18.2. The normalized spacial score (nSPS) is 29.3. The summed E-state index contributed by atoms with van der Waals surface area (Å²) < 4.78 is 15.5. The van der Waals surface area contributed by atoms with Crippen LogP contribution < -0.4 is 10.6 Å². The number of aliphatic carboxylic acids is 1. The second kappa shape index (κ2) is 7.39. The van der Waals surface area contributed by atoms with E-state index in [-0.39, 0.29) is 27.0 Å². The van der Waals surface area contributed by atoms with Crippen LogP contribution in [0.2, 0.25) is 10.2 Å². The van der Waals surface area contributed by atoms with Gasteiger partial charge in [0.1, 0.15) is 28.2 Å². The zero-order valence-corrected chi connectivity index (χ0v) is 19.7. The van der Waals surface area contributed by atoms with Gasteiger partial charge in [0, 0.05) is 17.0 Å². The lowest BCUT2D eigenvalue weighted by Crippen LogP contribution is -2.61. The number of hydrogen-bond acceptors (Lipinski definition) is 4. The monoisotopic (exact) mass is 491 g/mol. The van der Waals surface area contributed by atoms with E-state index in [4.69, 9.17) is 23.2 Å². The molecule has 6 nitrogen and oxygen atoms in total. The lowest BCUT2D eigenvalue weighted by molar-refractivity contribution is -0.139. The van der Waals surface area contributed by atoms with Gasteiger partial charge < -0.3 is 10.4 Å². The Morgan fingerprint density at radius 3 is 2.52 bits per heavy atom. The molecule has 2 fully saturated rings. The van der Waals surface area contributed by atoms with Crippen molar-refractivity contribution in [2.75, 3.05) is 5.32 Å². The minimum Gasteiger partial charge on any atom is -0.480 e. The smallest absolute Gasteiger partial charge is 0.321 e. The first kappa shape index (κ1) is 22.6. The van der Waals surface area contributed by atoms with E-state index in [9.17, 15) is 14.7 Å². The summed E-state index contributed by atoms with van der Waals surface area (Å²) in [6.07, 6.45) is 2.67. The topological polar surface area (TPSA) is 91.3 Å². The van der Waals surface area contributed by atoms with Crippen LogP contribution in [0.4, 0.5) is 10.2 Å².